The Kier molecular flexibility index (Phi) is 18.0. The average Bonchev–Trinajstić information content (AvgIpc) is 2.87. The van der Waals surface area contributed by atoms with Crippen LogP contribution in [0.4, 0.5) is 5.69 Å². The summed E-state index contributed by atoms with van der Waals surface area (Å²) in [7, 11) is 1.94. The number of hydrogen-bond acceptors (Lipinski definition) is 3. The second-order valence-electron chi connectivity index (χ2n) is 8.00. The average molecular weight is 449 g/mol. The second-order valence-corrected chi connectivity index (χ2v) is 8.00. The third-order valence-corrected chi connectivity index (χ3v) is 4.81. The first kappa shape index (κ1) is 30.1. The minimum atomic E-state index is 0.255. The van der Waals surface area contributed by atoms with E-state index in [4.69, 9.17) is 0 Å². The first-order valence-electron chi connectivity index (χ1n) is 12.1. The molecule has 0 amide bonds. The molecule has 0 atom stereocenters. The molecule has 1 aromatic heterocycles. The van der Waals surface area contributed by atoms with Gasteiger partial charge in [0.25, 0.3) is 0 Å². The lowest BCUT2D eigenvalue weighted by atomic mass is 10.1. The molecule has 0 unspecified atom stereocenters. The lowest BCUT2D eigenvalue weighted by Gasteiger charge is -2.01. The Morgan fingerprint density at radius 2 is 1.42 bits per heavy atom. The van der Waals surface area contributed by atoms with E-state index >= 15 is 0 Å². The van der Waals surface area contributed by atoms with Crippen molar-refractivity contribution >= 4 is 11.5 Å². The molecular formula is C30H44N2O. The fourth-order valence-electron chi connectivity index (χ4n) is 2.56. The van der Waals surface area contributed by atoms with Gasteiger partial charge in [-0.25, -0.2) is 0 Å². The van der Waals surface area contributed by atoms with Crippen LogP contribution in [0.3, 0.4) is 0 Å². The van der Waals surface area contributed by atoms with Crippen LogP contribution in [-0.4, -0.2) is 17.8 Å². The SMILES string of the molecule is CC(C)c1ccccn1.CCC(C)=O.CCCc1ccc(NC)cc1.CCc1ccccc1. The third-order valence-electron chi connectivity index (χ3n) is 4.81. The first-order valence-corrected chi connectivity index (χ1v) is 12.1. The van der Waals surface area contributed by atoms with E-state index in [1.54, 1.807) is 6.92 Å². The van der Waals surface area contributed by atoms with Gasteiger partial charge in [0.05, 0.1) is 0 Å². The molecule has 0 saturated carbocycles. The van der Waals surface area contributed by atoms with Gasteiger partial charge in [-0.2, -0.15) is 0 Å². The number of rotatable bonds is 6. The molecule has 0 aliphatic carbocycles. The lowest BCUT2D eigenvalue weighted by molar-refractivity contribution is -0.116. The van der Waals surface area contributed by atoms with Gasteiger partial charge in [-0.15, -0.1) is 0 Å². The molecule has 1 N–H and O–H groups in total. The molecule has 0 saturated heterocycles. The molecule has 1 heterocycles. The fourth-order valence-corrected chi connectivity index (χ4v) is 2.56. The van der Waals surface area contributed by atoms with Gasteiger partial charge in [0.15, 0.2) is 0 Å². The summed E-state index contributed by atoms with van der Waals surface area (Å²) < 4.78 is 0. The van der Waals surface area contributed by atoms with Crippen LogP contribution in [0, 0.1) is 0 Å². The highest BCUT2D eigenvalue weighted by Crippen LogP contribution is 2.10. The number of carbonyl (C=O) groups is 1. The van der Waals surface area contributed by atoms with E-state index in [9.17, 15) is 4.79 Å². The van der Waals surface area contributed by atoms with Crippen molar-refractivity contribution in [3.8, 4) is 0 Å². The molecule has 33 heavy (non-hydrogen) atoms. The summed E-state index contributed by atoms with van der Waals surface area (Å²) in [5.41, 5.74) is 5.18. The van der Waals surface area contributed by atoms with Crippen LogP contribution in [0.15, 0.2) is 79.0 Å². The van der Waals surface area contributed by atoms with Crippen LogP contribution in [0.2, 0.25) is 0 Å². The summed E-state index contributed by atoms with van der Waals surface area (Å²) >= 11 is 0. The molecule has 3 aromatic rings. The zero-order valence-electron chi connectivity index (χ0n) is 21.8. The number of Topliss-reactive ketones (excluding diaryl/α,β-unsaturated/α-hetero) is 1. The number of aryl methyl sites for hydroxylation is 2. The summed E-state index contributed by atoms with van der Waals surface area (Å²) in [6, 6.07) is 25.0. The molecule has 3 nitrogen and oxygen atoms in total. The van der Waals surface area contributed by atoms with Crippen LogP contribution in [0.5, 0.6) is 0 Å². The Bertz CT molecular complexity index is 828. The maximum Gasteiger partial charge on any atom is 0.129 e. The van der Waals surface area contributed by atoms with Crippen LogP contribution >= 0.6 is 0 Å². The number of pyridine rings is 1. The normalized spacial score (nSPS) is 9.33. The number of carbonyl (C=O) groups excluding carboxylic acids is 1. The molecule has 3 rings (SSSR count). The molecule has 0 aliphatic rings. The third kappa shape index (κ3) is 16.4. The largest absolute Gasteiger partial charge is 0.388 e. The van der Waals surface area contributed by atoms with Gasteiger partial charge in [-0.05, 0) is 61.1 Å². The highest BCUT2D eigenvalue weighted by molar-refractivity contribution is 5.74. The van der Waals surface area contributed by atoms with Crippen molar-refractivity contribution in [1.29, 1.82) is 0 Å². The van der Waals surface area contributed by atoms with Crippen molar-refractivity contribution in [1.82, 2.24) is 4.98 Å². The van der Waals surface area contributed by atoms with E-state index in [0.29, 0.717) is 12.3 Å². The van der Waals surface area contributed by atoms with E-state index < -0.39 is 0 Å². The molecule has 0 bridgehead atoms. The van der Waals surface area contributed by atoms with Gasteiger partial charge >= 0.3 is 0 Å². The molecular weight excluding hydrogens is 404 g/mol. The number of hydrogen-bond donors (Lipinski definition) is 1. The summed E-state index contributed by atoms with van der Waals surface area (Å²) in [5, 5.41) is 3.10. The molecule has 0 radical (unpaired) electrons. The Morgan fingerprint density at radius 3 is 1.76 bits per heavy atom. The van der Waals surface area contributed by atoms with Crippen molar-refractivity contribution in [3.05, 3.63) is 95.8 Å². The highest BCUT2D eigenvalue weighted by Gasteiger charge is 1.95. The number of nitrogens with zero attached hydrogens (tertiary/aromatic N) is 1. The fraction of sp³-hybridized carbons (Fsp3) is 0.400. The summed E-state index contributed by atoms with van der Waals surface area (Å²) in [6.45, 7) is 12.1. The van der Waals surface area contributed by atoms with Gasteiger partial charge in [0, 0.05) is 31.0 Å². The van der Waals surface area contributed by atoms with Crippen LogP contribution in [-0.2, 0) is 17.6 Å². The standard InChI is InChI=1S/C10H15N.C8H11N.C8H10.C4H8O/c1-3-4-9-5-7-10(11-2)8-6-9;1-7(2)8-5-3-4-6-9-8;1-2-8-6-4-3-5-7-8;1-3-4(2)5/h5-8,11H,3-4H2,1-2H3;3-7H,1-2H3;3-7H,2H2,1H3;3H2,1-2H3. The first-order chi connectivity index (χ1) is 15.9. The maximum atomic E-state index is 9.81. The van der Waals surface area contributed by atoms with Gasteiger partial charge in [-0.1, -0.05) is 89.6 Å². The molecule has 0 spiro atoms. The predicted molar refractivity (Wildman–Crippen MR) is 145 cm³/mol. The minimum Gasteiger partial charge on any atom is -0.388 e. The second kappa shape index (κ2) is 19.7. The van der Waals surface area contributed by atoms with Crippen molar-refractivity contribution in [2.24, 2.45) is 0 Å². The maximum absolute atomic E-state index is 9.81. The smallest absolute Gasteiger partial charge is 0.129 e. The molecule has 0 fully saturated rings. The lowest BCUT2D eigenvalue weighted by Crippen LogP contribution is -1.88. The van der Waals surface area contributed by atoms with Gasteiger partial charge in [-0.3, -0.25) is 4.98 Å². The number of aromatic nitrogens is 1. The Labute approximate surface area is 202 Å². The van der Waals surface area contributed by atoms with E-state index in [1.807, 2.05) is 44.4 Å². The number of ketones is 1. The van der Waals surface area contributed by atoms with Crippen LogP contribution in [0.1, 0.15) is 77.1 Å². The van der Waals surface area contributed by atoms with E-state index in [2.05, 4.69) is 86.5 Å². The highest BCUT2D eigenvalue weighted by atomic mass is 16.1. The van der Waals surface area contributed by atoms with Crippen LogP contribution < -0.4 is 5.32 Å². The Balaban J connectivity index is 0.000000428. The van der Waals surface area contributed by atoms with Gasteiger partial charge in [0.2, 0.25) is 0 Å². The van der Waals surface area contributed by atoms with Crippen molar-refractivity contribution in [3.63, 3.8) is 0 Å². The summed E-state index contributed by atoms with van der Waals surface area (Å²) in [5.74, 6) is 0.802. The molecule has 2 aromatic carbocycles. The van der Waals surface area contributed by atoms with E-state index in [-0.39, 0.29) is 5.78 Å². The van der Waals surface area contributed by atoms with Gasteiger partial charge < -0.3 is 10.1 Å². The van der Waals surface area contributed by atoms with E-state index in [0.717, 1.165) is 12.1 Å². The number of benzene rings is 2. The zero-order chi connectivity index (χ0) is 24.9. The minimum absolute atomic E-state index is 0.255. The number of nitrogens with one attached hydrogen (secondary N) is 1. The quantitative estimate of drug-likeness (QED) is 0.414. The Hall–Kier alpha value is -2.94. The summed E-state index contributed by atoms with van der Waals surface area (Å²) in [6.07, 6.45) is 6.04. The Morgan fingerprint density at radius 1 is 0.848 bits per heavy atom. The van der Waals surface area contributed by atoms with E-state index in [1.165, 1.54) is 29.7 Å². The van der Waals surface area contributed by atoms with Crippen LogP contribution in [0.25, 0.3) is 0 Å². The summed E-state index contributed by atoms with van der Waals surface area (Å²) in [4.78, 5) is 14.0. The monoisotopic (exact) mass is 448 g/mol. The zero-order valence-corrected chi connectivity index (χ0v) is 21.8. The van der Waals surface area contributed by atoms with Gasteiger partial charge in [0.1, 0.15) is 5.78 Å². The molecule has 0 aliphatic heterocycles. The molecule has 180 valence electrons. The van der Waals surface area contributed by atoms with Crippen molar-refractivity contribution < 1.29 is 4.79 Å². The van der Waals surface area contributed by atoms with Crippen molar-refractivity contribution in [2.45, 2.75) is 73.1 Å². The topological polar surface area (TPSA) is 42.0 Å². The van der Waals surface area contributed by atoms with Crippen molar-refractivity contribution in [2.75, 3.05) is 12.4 Å². The molecule has 3 heteroatoms. The predicted octanol–water partition coefficient (Wildman–Crippen LogP) is 8.12. The number of anilines is 1.